The number of fused-ring (bicyclic) bond motifs is 4. The Morgan fingerprint density at radius 1 is 0.848 bits per heavy atom. The van der Waals surface area contributed by atoms with E-state index < -0.39 is 18.5 Å². The number of rotatable bonds is 6. The molecule has 1 N–H and O–H groups in total. The van der Waals surface area contributed by atoms with Crippen molar-refractivity contribution in [2.24, 2.45) is 0 Å². The summed E-state index contributed by atoms with van der Waals surface area (Å²) in [5.74, 6) is 0.585. The van der Waals surface area contributed by atoms with Crippen LogP contribution in [0.4, 0.5) is 5.69 Å². The van der Waals surface area contributed by atoms with Crippen LogP contribution < -0.4 is 19.5 Å². The maximum absolute atomic E-state index is 12.2. The number of para-hydroxylation sites is 1. The van der Waals surface area contributed by atoms with E-state index in [0.717, 1.165) is 28.4 Å². The van der Waals surface area contributed by atoms with Gasteiger partial charge in [0.2, 0.25) is 0 Å². The fourth-order valence-corrected chi connectivity index (χ4v) is 3.56. The predicted octanol–water partition coefficient (Wildman–Crippen LogP) is 4.31. The maximum Gasteiger partial charge on any atom is 0.344 e. The number of hydrogen-bond donors (Lipinski definition) is 1. The van der Waals surface area contributed by atoms with Crippen LogP contribution in [-0.4, -0.2) is 38.3 Å². The van der Waals surface area contributed by atoms with Gasteiger partial charge in [0.1, 0.15) is 16.9 Å². The Morgan fingerprint density at radius 2 is 1.67 bits per heavy atom. The molecule has 8 nitrogen and oxygen atoms in total. The summed E-state index contributed by atoms with van der Waals surface area (Å²) in [4.78, 5) is 24.2. The zero-order valence-corrected chi connectivity index (χ0v) is 17.7. The zero-order valence-electron chi connectivity index (χ0n) is 17.7. The van der Waals surface area contributed by atoms with E-state index in [9.17, 15) is 9.59 Å². The lowest BCUT2D eigenvalue weighted by atomic mass is 10.1. The second-order valence-corrected chi connectivity index (χ2v) is 7.47. The Hall–Kier alpha value is -4.20. The van der Waals surface area contributed by atoms with Gasteiger partial charge in [-0.15, -0.1) is 0 Å². The molecule has 1 aliphatic rings. The molecule has 8 heteroatoms. The van der Waals surface area contributed by atoms with Gasteiger partial charge in [0.15, 0.2) is 24.7 Å². The average Bonchev–Trinajstić information content (AvgIpc) is 3.03. The number of anilines is 1. The van der Waals surface area contributed by atoms with Crippen molar-refractivity contribution in [2.45, 2.75) is 6.42 Å². The number of esters is 1. The van der Waals surface area contributed by atoms with E-state index in [1.54, 1.807) is 30.3 Å². The van der Waals surface area contributed by atoms with E-state index >= 15 is 0 Å². The fraction of sp³-hybridized carbons (Fsp3) is 0.200. The molecule has 5 rings (SSSR count). The van der Waals surface area contributed by atoms with E-state index in [0.29, 0.717) is 36.1 Å². The van der Waals surface area contributed by atoms with Crippen LogP contribution in [0.15, 0.2) is 65.1 Å². The number of ether oxygens (including phenoxy) is 4. The lowest BCUT2D eigenvalue weighted by Gasteiger charge is -2.11. The number of furan rings is 1. The second kappa shape index (κ2) is 9.12. The van der Waals surface area contributed by atoms with Gasteiger partial charge in [-0.25, -0.2) is 4.79 Å². The number of amides is 1. The third kappa shape index (κ3) is 4.69. The number of nitrogens with one attached hydrogen (secondary N) is 1. The molecule has 0 fully saturated rings. The standard InChI is InChI=1S/C25H21NO7/c27-24(26-16-6-8-22-23(12-16)30-11-3-10-29-22)14-32-25(28)15-31-17-7-9-21-19(13-17)18-4-1-2-5-20(18)33-21/h1-2,4-9,12-13H,3,10-11,14-15H2,(H,26,27). The Kier molecular flexibility index (Phi) is 5.72. The molecule has 168 valence electrons. The molecule has 0 saturated heterocycles. The van der Waals surface area contributed by atoms with Crippen molar-refractivity contribution in [3.63, 3.8) is 0 Å². The normalized spacial score (nSPS) is 12.8. The Balaban J connectivity index is 1.13. The van der Waals surface area contributed by atoms with Gasteiger partial charge in [-0.1, -0.05) is 18.2 Å². The van der Waals surface area contributed by atoms with Gasteiger partial charge >= 0.3 is 5.97 Å². The summed E-state index contributed by atoms with van der Waals surface area (Å²) < 4.78 is 27.5. The number of carbonyl (C=O) groups excluding carboxylic acids is 2. The summed E-state index contributed by atoms with van der Waals surface area (Å²) >= 11 is 0. The highest BCUT2D eigenvalue weighted by Gasteiger charge is 2.14. The SMILES string of the molecule is O=C(COC(=O)COc1ccc2oc3ccccc3c2c1)Nc1ccc2c(c1)OCCCO2. The monoisotopic (exact) mass is 447 g/mol. The molecule has 0 radical (unpaired) electrons. The Bertz CT molecular complexity index is 1330. The first-order valence-corrected chi connectivity index (χ1v) is 10.5. The first-order chi connectivity index (χ1) is 16.2. The zero-order chi connectivity index (χ0) is 22.6. The van der Waals surface area contributed by atoms with Crippen molar-refractivity contribution in [3.8, 4) is 17.2 Å². The van der Waals surface area contributed by atoms with Crippen LogP contribution in [0.25, 0.3) is 21.9 Å². The number of benzene rings is 3. The highest BCUT2D eigenvalue weighted by atomic mass is 16.6. The van der Waals surface area contributed by atoms with Crippen LogP contribution in [0, 0.1) is 0 Å². The molecule has 0 atom stereocenters. The third-order valence-electron chi connectivity index (χ3n) is 5.10. The first kappa shape index (κ1) is 20.7. The molecule has 2 heterocycles. The van der Waals surface area contributed by atoms with Crippen LogP contribution in [-0.2, 0) is 14.3 Å². The van der Waals surface area contributed by atoms with Crippen molar-refractivity contribution < 1.29 is 33.0 Å². The van der Waals surface area contributed by atoms with Gasteiger partial charge in [-0.3, -0.25) is 4.79 Å². The smallest absolute Gasteiger partial charge is 0.344 e. The third-order valence-corrected chi connectivity index (χ3v) is 5.10. The van der Waals surface area contributed by atoms with Crippen molar-refractivity contribution in [1.29, 1.82) is 0 Å². The summed E-state index contributed by atoms with van der Waals surface area (Å²) in [6, 6.07) is 18.1. The molecule has 1 amide bonds. The van der Waals surface area contributed by atoms with Crippen molar-refractivity contribution in [3.05, 3.63) is 60.7 Å². The lowest BCUT2D eigenvalue weighted by Crippen LogP contribution is -2.23. The molecule has 0 aliphatic carbocycles. The van der Waals surface area contributed by atoms with Crippen LogP contribution in [0.1, 0.15) is 6.42 Å². The van der Waals surface area contributed by atoms with E-state index in [1.807, 2.05) is 30.3 Å². The van der Waals surface area contributed by atoms with Gasteiger partial charge in [0.25, 0.3) is 5.91 Å². The quantitative estimate of drug-likeness (QED) is 0.440. The van der Waals surface area contributed by atoms with Crippen LogP contribution in [0.2, 0.25) is 0 Å². The van der Waals surface area contributed by atoms with E-state index in [4.69, 9.17) is 23.4 Å². The fourth-order valence-electron chi connectivity index (χ4n) is 3.56. The molecule has 1 aliphatic heterocycles. The van der Waals surface area contributed by atoms with Gasteiger partial charge in [0.05, 0.1) is 13.2 Å². The molecule has 0 bridgehead atoms. The molecule has 0 spiro atoms. The average molecular weight is 447 g/mol. The minimum atomic E-state index is -0.652. The highest BCUT2D eigenvalue weighted by molar-refractivity contribution is 6.05. The summed E-state index contributed by atoms with van der Waals surface area (Å²) in [5, 5.41) is 4.53. The van der Waals surface area contributed by atoms with Crippen LogP contribution >= 0.6 is 0 Å². The number of hydrogen-bond acceptors (Lipinski definition) is 7. The minimum Gasteiger partial charge on any atom is -0.490 e. The van der Waals surface area contributed by atoms with Crippen molar-refractivity contribution >= 4 is 39.5 Å². The highest BCUT2D eigenvalue weighted by Crippen LogP contribution is 2.32. The minimum absolute atomic E-state index is 0.321. The molecule has 33 heavy (non-hydrogen) atoms. The largest absolute Gasteiger partial charge is 0.490 e. The molecule has 3 aromatic carbocycles. The first-order valence-electron chi connectivity index (χ1n) is 10.5. The Labute approximate surface area is 189 Å². The lowest BCUT2D eigenvalue weighted by molar-refractivity contribution is -0.149. The number of carbonyl (C=O) groups is 2. The predicted molar refractivity (Wildman–Crippen MR) is 121 cm³/mol. The molecular formula is C25H21NO7. The molecule has 4 aromatic rings. The molecular weight excluding hydrogens is 426 g/mol. The summed E-state index contributed by atoms with van der Waals surface area (Å²) in [6.07, 6.45) is 0.793. The van der Waals surface area contributed by atoms with Crippen LogP contribution in [0.5, 0.6) is 17.2 Å². The van der Waals surface area contributed by atoms with Gasteiger partial charge in [0, 0.05) is 28.9 Å². The van der Waals surface area contributed by atoms with E-state index in [1.165, 1.54) is 0 Å². The van der Waals surface area contributed by atoms with E-state index in [-0.39, 0.29) is 6.61 Å². The van der Waals surface area contributed by atoms with Crippen molar-refractivity contribution in [1.82, 2.24) is 0 Å². The summed E-state index contributed by atoms with van der Waals surface area (Å²) in [5.41, 5.74) is 2.04. The van der Waals surface area contributed by atoms with Gasteiger partial charge in [-0.2, -0.15) is 0 Å². The van der Waals surface area contributed by atoms with Gasteiger partial charge in [-0.05, 0) is 36.4 Å². The van der Waals surface area contributed by atoms with Crippen LogP contribution in [0.3, 0.4) is 0 Å². The van der Waals surface area contributed by atoms with E-state index in [2.05, 4.69) is 5.32 Å². The molecule has 0 saturated carbocycles. The second-order valence-electron chi connectivity index (χ2n) is 7.47. The summed E-state index contributed by atoms with van der Waals surface area (Å²) in [6.45, 7) is 0.385. The topological polar surface area (TPSA) is 96.2 Å². The van der Waals surface area contributed by atoms with Crippen molar-refractivity contribution in [2.75, 3.05) is 31.7 Å². The maximum atomic E-state index is 12.2. The Morgan fingerprint density at radius 3 is 2.58 bits per heavy atom. The van der Waals surface area contributed by atoms with Gasteiger partial charge < -0.3 is 28.7 Å². The molecule has 1 aromatic heterocycles. The summed E-state index contributed by atoms with van der Waals surface area (Å²) in [7, 11) is 0. The molecule has 0 unspecified atom stereocenters.